The van der Waals surface area contributed by atoms with Crippen molar-refractivity contribution < 1.29 is 9.53 Å². The smallest absolute Gasteiger partial charge is 0.145 e. The van der Waals surface area contributed by atoms with E-state index in [2.05, 4.69) is 30.8 Å². The Morgan fingerprint density at radius 3 is 2.05 bits per heavy atom. The predicted octanol–water partition coefficient (Wildman–Crippen LogP) is 4.05. The van der Waals surface area contributed by atoms with Crippen LogP contribution in [0.4, 0.5) is 0 Å². The number of hydrogen-bond donors (Lipinski definition) is 0. The fraction of sp³-hybridized carbons (Fsp3) is 0.688. The minimum absolute atomic E-state index is 0.0613. The third-order valence-corrected chi connectivity index (χ3v) is 2.91. The van der Waals surface area contributed by atoms with Crippen LogP contribution >= 0.6 is 0 Å². The molecule has 0 aromatic rings. The summed E-state index contributed by atoms with van der Waals surface area (Å²) in [4.78, 5) is 17.1. The third kappa shape index (κ3) is 10.6. The van der Waals surface area contributed by atoms with Crippen LogP contribution in [0.5, 0.6) is 0 Å². The highest BCUT2D eigenvalue weighted by molar-refractivity contribution is 5.85. The van der Waals surface area contributed by atoms with Gasteiger partial charge >= 0.3 is 0 Å². The lowest BCUT2D eigenvalue weighted by molar-refractivity contribution is -0.106. The van der Waals surface area contributed by atoms with Crippen molar-refractivity contribution in [3.63, 3.8) is 0 Å². The van der Waals surface area contributed by atoms with Crippen molar-refractivity contribution in [3.8, 4) is 0 Å². The maximum atomic E-state index is 8.81. The Balaban J connectivity index is 0. The Kier molecular flexibility index (Phi) is 13.4. The standard InChI is InChI=1S/C8H15NO.C6H11N.C2H4O/c1-5-6(2)9-8(4)10-7(5)3;1-4-6(3)7-5-2;1-2-3/h5,7-8H,1-4H3;4-5H,1-3H3;2H,1H3/b;6-4+,7-5?;/t5-,7-,8+;;/m0../s1. The molecule has 0 saturated carbocycles. The summed E-state index contributed by atoms with van der Waals surface area (Å²) in [5.41, 5.74) is 2.29. The van der Waals surface area contributed by atoms with Crippen LogP contribution in [0.15, 0.2) is 21.8 Å². The van der Waals surface area contributed by atoms with Gasteiger partial charge in [0.2, 0.25) is 0 Å². The molecule has 0 unspecified atom stereocenters. The van der Waals surface area contributed by atoms with E-state index < -0.39 is 0 Å². The number of carbonyl (C=O) groups excluding carboxylic acids is 1. The lowest BCUT2D eigenvalue weighted by Crippen LogP contribution is -2.32. The topological polar surface area (TPSA) is 51.0 Å². The van der Waals surface area contributed by atoms with Crippen molar-refractivity contribution in [2.45, 2.75) is 67.7 Å². The number of ether oxygens (including phenoxy) is 1. The van der Waals surface area contributed by atoms with Gasteiger partial charge in [0.05, 0.1) is 6.10 Å². The molecule has 0 N–H and O–H groups in total. The predicted molar refractivity (Wildman–Crippen MR) is 87.6 cm³/mol. The zero-order chi connectivity index (χ0) is 16.1. The van der Waals surface area contributed by atoms with Crippen LogP contribution in [0.2, 0.25) is 0 Å². The first-order chi connectivity index (χ1) is 9.33. The second-order valence-electron chi connectivity index (χ2n) is 4.55. The Hall–Kier alpha value is -1.29. The molecular weight excluding hydrogens is 252 g/mol. The molecular formula is C16H30N2O2. The summed E-state index contributed by atoms with van der Waals surface area (Å²) in [6.07, 6.45) is 4.90. The fourth-order valence-electron chi connectivity index (χ4n) is 1.48. The van der Waals surface area contributed by atoms with Crippen LogP contribution in [0.1, 0.15) is 55.4 Å². The van der Waals surface area contributed by atoms with Gasteiger partial charge < -0.3 is 9.53 Å². The van der Waals surface area contributed by atoms with Crippen molar-refractivity contribution >= 4 is 18.2 Å². The van der Waals surface area contributed by atoms with E-state index in [4.69, 9.17) is 9.53 Å². The molecule has 0 saturated heterocycles. The summed E-state index contributed by atoms with van der Waals surface area (Å²) in [5.74, 6) is 0.483. The quantitative estimate of drug-likeness (QED) is 0.538. The molecule has 0 amide bonds. The first-order valence-electron chi connectivity index (χ1n) is 7.05. The molecule has 1 aliphatic rings. The molecule has 4 nitrogen and oxygen atoms in total. The van der Waals surface area contributed by atoms with E-state index in [1.165, 1.54) is 12.6 Å². The third-order valence-electron chi connectivity index (χ3n) is 2.91. The molecule has 0 bridgehead atoms. The minimum atomic E-state index is 0.0613. The Morgan fingerprint density at radius 1 is 1.25 bits per heavy atom. The van der Waals surface area contributed by atoms with Gasteiger partial charge in [0.15, 0.2) is 0 Å². The van der Waals surface area contributed by atoms with E-state index in [1.54, 1.807) is 6.21 Å². The van der Waals surface area contributed by atoms with Gasteiger partial charge in [-0.3, -0.25) is 9.98 Å². The molecule has 0 spiro atoms. The number of allylic oxidation sites excluding steroid dienone is 2. The molecule has 0 radical (unpaired) electrons. The monoisotopic (exact) mass is 282 g/mol. The molecule has 0 fully saturated rings. The van der Waals surface area contributed by atoms with E-state index in [1.807, 2.05) is 33.8 Å². The van der Waals surface area contributed by atoms with Crippen molar-refractivity contribution in [3.05, 3.63) is 11.8 Å². The number of aliphatic imine (C=N–C) groups is 2. The van der Waals surface area contributed by atoms with Crippen LogP contribution in [0.3, 0.4) is 0 Å². The summed E-state index contributed by atoms with van der Waals surface area (Å²) in [7, 11) is 0. The summed E-state index contributed by atoms with van der Waals surface area (Å²) in [6.45, 7) is 15.6. The molecule has 4 heteroatoms. The second-order valence-corrected chi connectivity index (χ2v) is 4.55. The van der Waals surface area contributed by atoms with Crippen molar-refractivity contribution in [1.29, 1.82) is 0 Å². The number of nitrogens with zero attached hydrogens (tertiary/aromatic N) is 2. The lowest BCUT2D eigenvalue weighted by atomic mass is 10.00. The van der Waals surface area contributed by atoms with E-state index in [0.29, 0.717) is 12.0 Å². The van der Waals surface area contributed by atoms with Gasteiger partial charge in [0.25, 0.3) is 0 Å². The molecule has 1 heterocycles. The number of hydrogen-bond acceptors (Lipinski definition) is 4. The minimum Gasteiger partial charge on any atom is -0.353 e. The van der Waals surface area contributed by atoms with Gasteiger partial charge in [-0.1, -0.05) is 13.0 Å². The molecule has 1 rings (SSSR count). The summed E-state index contributed by atoms with van der Waals surface area (Å²) in [6, 6.07) is 0. The highest BCUT2D eigenvalue weighted by atomic mass is 16.5. The SMILES string of the molecule is CC1=N[C@@H](C)O[C@@H](C)[C@H]1C.CC=N/C(C)=C/C.CC=O. The maximum Gasteiger partial charge on any atom is 0.145 e. The molecule has 0 aliphatic carbocycles. The normalized spacial score (nSPS) is 25.9. The zero-order valence-corrected chi connectivity index (χ0v) is 14.2. The van der Waals surface area contributed by atoms with Crippen molar-refractivity contribution in [2.75, 3.05) is 0 Å². The fourth-order valence-corrected chi connectivity index (χ4v) is 1.48. The van der Waals surface area contributed by atoms with E-state index in [0.717, 1.165) is 12.0 Å². The number of aldehydes is 1. The van der Waals surface area contributed by atoms with E-state index >= 15 is 0 Å². The number of carbonyl (C=O) groups is 1. The van der Waals surface area contributed by atoms with Crippen LogP contribution in [-0.2, 0) is 9.53 Å². The van der Waals surface area contributed by atoms with Gasteiger partial charge in [0, 0.05) is 23.5 Å². The van der Waals surface area contributed by atoms with Gasteiger partial charge in [-0.25, -0.2) is 0 Å². The number of rotatable bonds is 1. The largest absolute Gasteiger partial charge is 0.353 e. The molecule has 1 aliphatic heterocycles. The van der Waals surface area contributed by atoms with E-state index in [-0.39, 0.29) is 6.23 Å². The molecule has 3 atom stereocenters. The van der Waals surface area contributed by atoms with Gasteiger partial charge in [-0.05, 0) is 48.5 Å². The van der Waals surface area contributed by atoms with Crippen LogP contribution in [0, 0.1) is 5.92 Å². The molecule has 20 heavy (non-hydrogen) atoms. The van der Waals surface area contributed by atoms with Gasteiger partial charge in [0.1, 0.15) is 12.5 Å². The first kappa shape index (κ1) is 21.0. The highest BCUT2D eigenvalue weighted by Crippen LogP contribution is 2.17. The summed E-state index contributed by atoms with van der Waals surface area (Å²) < 4.78 is 5.48. The first-order valence-corrected chi connectivity index (χ1v) is 7.05. The lowest BCUT2D eigenvalue weighted by Gasteiger charge is -2.28. The Bertz CT molecular complexity index is 346. The molecule has 116 valence electrons. The van der Waals surface area contributed by atoms with E-state index in [9.17, 15) is 0 Å². The van der Waals surface area contributed by atoms with Crippen LogP contribution < -0.4 is 0 Å². The Labute approximate surface area is 124 Å². The maximum absolute atomic E-state index is 8.81. The van der Waals surface area contributed by atoms with Crippen LogP contribution in [-0.4, -0.2) is 30.5 Å². The van der Waals surface area contributed by atoms with Gasteiger partial charge in [-0.2, -0.15) is 0 Å². The highest BCUT2D eigenvalue weighted by Gasteiger charge is 2.22. The Morgan fingerprint density at radius 2 is 1.75 bits per heavy atom. The average molecular weight is 282 g/mol. The van der Waals surface area contributed by atoms with Crippen LogP contribution in [0.25, 0.3) is 0 Å². The van der Waals surface area contributed by atoms with Gasteiger partial charge in [-0.15, -0.1) is 0 Å². The zero-order valence-electron chi connectivity index (χ0n) is 14.2. The van der Waals surface area contributed by atoms with Crippen molar-refractivity contribution in [2.24, 2.45) is 15.9 Å². The summed E-state index contributed by atoms with van der Waals surface area (Å²) >= 11 is 0. The second kappa shape index (κ2) is 12.7. The van der Waals surface area contributed by atoms with Crippen molar-refractivity contribution in [1.82, 2.24) is 0 Å². The molecule has 0 aromatic heterocycles. The average Bonchev–Trinajstić information content (AvgIpc) is 2.37. The summed E-state index contributed by atoms with van der Waals surface area (Å²) in [5, 5.41) is 0. The molecule has 0 aromatic carbocycles.